The summed E-state index contributed by atoms with van der Waals surface area (Å²) in [5.74, 6) is -0.142. The number of carbonyl (C=O) groups is 2. The summed E-state index contributed by atoms with van der Waals surface area (Å²) in [5.41, 5.74) is 1.42. The summed E-state index contributed by atoms with van der Waals surface area (Å²) in [7, 11) is 1.56. The summed E-state index contributed by atoms with van der Waals surface area (Å²) < 4.78 is 11.4. The zero-order chi connectivity index (χ0) is 17.6. The fourth-order valence-electron chi connectivity index (χ4n) is 2.35. The van der Waals surface area contributed by atoms with Crippen LogP contribution in [0.3, 0.4) is 0 Å². The molecule has 3 aromatic rings. The van der Waals surface area contributed by atoms with E-state index in [1.165, 1.54) is 0 Å². The highest BCUT2D eigenvalue weighted by atomic mass is 32.1. The lowest BCUT2D eigenvalue weighted by Gasteiger charge is -2.07. The largest absolute Gasteiger partial charge is 0.497 e. The van der Waals surface area contributed by atoms with Crippen molar-refractivity contribution in [3.63, 3.8) is 0 Å². The number of hydrogen-bond acceptors (Lipinski definition) is 5. The molecule has 25 heavy (non-hydrogen) atoms. The fraction of sp³-hybridized carbons (Fsp3) is 0.158. The van der Waals surface area contributed by atoms with Crippen molar-refractivity contribution in [2.75, 3.05) is 13.7 Å². The number of amides is 1. The van der Waals surface area contributed by atoms with Gasteiger partial charge in [0.25, 0.3) is 5.91 Å². The van der Waals surface area contributed by atoms with Crippen LogP contribution in [-0.4, -0.2) is 25.5 Å². The van der Waals surface area contributed by atoms with Crippen molar-refractivity contribution in [3.8, 4) is 5.75 Å². The van der Waals surface area contributed by atoms with Crippen LogP contribution < -0.4 is 10.1 Å². The van der Waals surface area contributed by atoms with Gasteiger partial charge in [-0.3, -0.25) is 9.59 Å². The van der Waals surface area contributed by atoms with Crippen LogP contribution in [0.5, 0.6) is 5.75 Å². The number of hydrogen-bond donors (Lipinski definition) is 1. The van der Waals surface area contributed by atoms with Crippen molar-refractivity contribution in [2.24, 2.45) is 0 Å². The van der Waals surface area contributed by atoms with E-state index < -0.39 is 5.97 Å². The van der Waals surface area contributed by atoms with Crippen molar-refractivity contribution in [3.05, 3.63) is 65.0 Å². The van der Waals surface area contributed by atoms with Crippen molar-refractivity contribution in [1.29, 1.82) is 0 Å². The van der Waals surface area contributed by atoms with Crippen LogP contribution in [-0.2, 0) is 16.1 Å². The highest BCUT2D eigenvalue weighted by Gasteiger charge is 2.10. The van der Waals surface area contributed by atoms with E-state index in [2.05, 4.69) is 5.32 Å². The molecule has 1 amide bonds. The van der Waals surface area contributed by atoms with Crippen LogP contribution in [0.1, 0.15) is 15.9 Å². The molecule has 0 atom stereocenters. The van der Waals surface area contributed by atoms with Gasteiger partial charge in [0.05, 0.1) is 7.11 Å². The fourth-order valence-corrected chi connectivity index (χ4v) is 3.30. The minimum Gasteiger partial charge on any atom is -0.497 e. The van der Waals surface area contributed by atoms with Crippen molar-refractivity contribution < 1.29 is 19.1 Å². The van der Waals surface area contributed by atoms with Crippen molar-refractivity contribution in [2.45, 2.75) is 6.61 Å². The Morgan fingerprint density at radius 2 is 1.84 bits per heavy atom. The maximum Gasteiger partial charge on any atom is 0.325 e. The van der Waals surface area contributed by atoms with Crippen molar-refractivity contribution in [1.82, 2.24) is 5.32 Å². The Bertz CT molecular complexity index is 886. The molecule has 0 unspecified atom stereocenters. The zero-order valence-corrected chi connectivity index (χ0v) is 14.5. The average Bonchev–Trinajstić information content (AvgIpc) is 3.07. The van der Waals surface area contributed by atoms with Gasteiger partial charge in [0.2, 0.25) is 0 Å². The zero-order valence-electron chi connectivity index (χ0n) is 13.7. The second-order valence-corrected chi connectivity index (χ2v) is 6.24. The SMILES string of the molecule is COc1ccc(C(=O)NCC(=O)OCc2csc3ccccc23)cc1. The standard InChI is InChI=1S/C19H17NO4S/c1-23-15-8-6-13(7-9-15)19(22)20-10-18(21)24-11-14-12-25-17-5-3-2-4-16(14)17/h2-9,12H,10-11H2,1H3,(H,20,22). The number of rotatable bonds is 6. The molecule has 2 aromatic carbocycles. The topological polar surface area (TPSA) is 64.6 Å². The number of benzene rings is 2. The Hall–Kier alpha value is -2.86. The third-order valence-electron chi connectivity index (χ3n) is 3.70. The number of nitrogens with one attached hydrogen (secondary N) is 1. The molecule has 0 aliphatic carbocycles. The highest BCUT2D eigenvalue weighted by Crippen LogP contribution is 2.26. The molecule has 0 fully saturated rings. The molecular weight excluding hydrogens is 338 g/mol. The Labute approximate surface area is 149 Å². The summed E-state index contributed by atoms with van der Waals surface area (Å²) in [6.07, 6.45) is 0. The molecule has 0 saturated carbocycles. The Morgan fingerprint density at radius 3 is 2.60 bits per heavy atom. The first kappa shape index (κ1) is 17.0. The molecule has 1 aromatic heterocycles. The second kappa shape index (κ2) is 7.81. The molecule has 0 aliphatic rings. The first-order valence-electron chi connectivity index (χ1n) is 7.70. The summed E-state index contributed by atoms with van der Waals surface area (Å²) in [6, 6.07) is 14.6. The van der Waals surface area contributed by atoms with Crippen LogP contribution in [0.15, 0.2) is 53.9 Å². The second-order valence-electron chi connectivity index (χ2n) is 5.33. The number of carbonyl (C=O) groups excluding carboxylic acids is 2. The molecule has 5 nitrogen and oxygen atoms in total. The third-order valence-corrected chi connectivity index (χ3v) is 4.71. The molecule has 1 N–H and O–H groups in total. The molecular formula is C19H17NO4S. The number of thiophene rings is 1. The molecule has 0 aliphatic heterocycles. The number of esters is 1. The molecule has 128 valence electrons. The Morgan fingerprint density at radius 1 is 1.08 bits per heavy atom. The van der Waals surface area contributed by atoms with Crippen LogP contribution in [0, 0.1) is 0 Å². The van der Waals surface area contributed by atoms with Gasteiger partial charge in [-0.25, -0.2) is 0 Å². The normalized spacial score (nSPS) is 10.4. The monoisotopic (exact) mass is 355 g/mol. The van der Waals surface area contributed by atoms with Gasteiger partial charge in [-0.2, -0.15) is 0 Å². The lowest BCUT2D eigenvalue weighted by atomic mass is 10.2. The van der Waals surface area contributed by atoms with E-state index in [4.69, 9.17) is 9.47 Å². The quantitative estimate of drug-likeness (QED) is 0.689. The van der Waals surface area contributed by atoms with E-state index in [0.29, 0.717) is 11.3 Å². The summed E-state index contributed by atoms with van der Waals surface area (Å²) in [6.45, 7) is 0.0220. The van der Waals surface area contributed by atoms with E-state index >= 15 is 0 Å². The Kier molecular flexibility index (Phi) is 5.30. The van der Waals surface area contributed by atoms with Gasteiger partial charge in [-0.1, -0.05) is 18.2 Å². The van der Waals surface area contributed by atoms with Gasteiger partial charge in [-0.15, -0.1) is 11.3 Å². The summed E-state index contributed by atoms with van der Waals surface area (Å²) in [5, 5.41) is 5.62. The number of methoxy groups -OCH3 is 1. The molecule has 0 bridgehead atoms. The predicted octanol–water partition coefficient (Wildman–Crippen LogP) is 3.38. The minimum atomic E-state index is -0.475. The number of ether oxygens (including phenoxy) is 2. The van der Waals surface area contributed by atoms with Gasteiger partial charge in [0.15, 0.2) is 0 Å². The van der Waals surface area contributed by atoms with Crippen LogP contribution >= 0.6 is 11.3 Å². The summed E-state index contributed by atoms with van der Waals surface area (Å²) >= 11 is 1.61. The first-order chi connectivity index (χ1) is 12.2. The molecule has 6 heteroatoms. The van der Waals surface area contributed by atoms with E-state index in [1.54, 1.807) is 42.7 Å². The van der Waals surface area contributed by atoms with Crippen LogP contribution in [0.2, 0.25) is 0 Å². The van der Waals surface area contributed by atoms with Crippen LogP contribution in [0.25, 0.3) is 10.1 Å². The van der Waals surface area contributed by atoms with Crippen LogP contribution in [0.4, 0.5) is 0 Å². The smallest absolute Gasteiger partial charge is 0.325 e. The lowest BCUT2D eigenvalue weighted by molar-refractivity contribution is -0.143. The summed E-state index contributed by atoms with van der Waals surface area (Å²) in [4.78, 5) is 23.9. The van der Waals surface area contributed by atoms with Crippen molar-refractivity contribution >= 4 is 33.3 Å². The Balaban J connectivity index is 1.50. The average molecular weight is 355 g/mol. The van der Waals surface area contributed by atoms with Gasteiger partial charge in [0.1, 0.15) is 18.9 Å². The number of fused-ring (bicyclic) bond motifs is 1. The molecule has 1 heterocycles. The molecule has 0 radical (unpaired) electrons. The maximum atomic E-state index is 12.0. The van der Waals surface area contributed by atoms with E-state index in [9.17, 15) is 9.59 Å². The van der Waals surface area contributed by atoms with Gasteiger partial charge < -0.3 is 14.8 Å². The molecule has 3 rings (SSSR count). The first-order valence-corrected chi connectivity index (χ1v) is 8.58. The molecule has 0 spiro atoms. The lowest BCUT2D eigenvalue weighted by Crippen LogP contribution is -2.30. The van der Waals surface area contributed by atoms with Gasteiger partial charge in [0, 0.05) is 15.8 Å². The van der Waals surface area contributed by atoms with Gasteiger partial charge in [-0.05, 0) is 41.1 Å². The minimum absolute atomic E-state index is 0.174. The third kappa shape index (κ3) is 4.16. The van der Waals surface area contributed by atoms with E-state index in [-0.39, 0.29) is 19.1 Å². The maximum absolute atomic E-state index is 12.0. The van der Waals surface area contributed by atoms with E-state index in [0.717, 1.165) is 15.6 Å². The molecule has 0 saturated heterocycles. The highest BCUT2D eigenvalue weighted by molar-refractivity contribution is 7.17. The van der Waals surface area contributed by atoms with E-state index in [1.807, 2.05) is 29.6 Å². The predicted molar refractivity (Wildman–Crippen MR) is 96.9 cm³/mol. The van der Waals surface area contributed by atoms with Gasteiger partial charge >= 0.3 is 5.97 Å².